The van der Waals surface area contributed by atoms with Gasteiger partial charge in [-0.05, 0) is 62.3 Å². The second kappa shape index (κ2) is 21.9. The van der Waals surface area contributed by atoms with Gasteiger partial charge in [0.05, 0.1) is 5.60 Å². The van der Waals surface area contributed by atoms with Crippen LogP contribution in [0.3, 0.4) is 0 Å². The van der Waals surface area contributed by atoms with Crippen LogP contribution in [0.1, 0.15) is 113 Å². The second-order valence-electron chi connectivity index (χ2n) is 9.71. The molecular weight excluding hydrogens is 368 g/mol. The van der Waals surface area contributed by atoms with Crippen LogP contribution in [-0.4, -0.2) is 22.6 Å². The molecule has 8 heteroatoms. The average Bonchev–Trinajstić information content (AvgIpc) is 2.34. The lowest BCUT2D eigenvalue weighted by Crippen LogP contribution is -2.41. The fourth-order valence-electron chi connectivity index (χ4n) is 0.217. The quantitative estimate of drug-likeness (QED) is 0.191. The van der Waals surface area contributed by atoms with Gasteiger partial charge < -0.3 is 5.73 Å². The van der Waals surface area contributed by atoms with Crippen LogP contribution in [0.25, 0.3) is 0 Å². The van der Waals surface area contributed by atoms with Crippen molar-refractivity contribution < 1.29 is 9.63 Å². The van der Waals surface area contributed by atoms with Gasteiger partial charge in [-0.2, -0.15) is 0 Å². The number of amides is 1. The van der Waals surface area contributed by atoms with Crippen LogP contribution in [0.15, 0.2) is 0 Å². The molecule has 0 aromatic rings. The molecule has 0 aliphatic rings. The van der Waals surface area contributed by atoms with Gasteiger partial charge in [-0.15, -0.1) is 0 Å². The Hall–Kier alpha value is -0.770. The van der Waals surface area contributed by atoms with E-state index in [0.717, 1.165) is 0 Å². The summed E-state index contributed by atoms with van der Waals surface area (Å²) in [5, 5.41) is 0. The molecule has 0 unspecified atom stereocenters. The highest BCUT2D eigenvalue weighted by Crippen LogP contribution is 2.11. The smallest absolute Gasteiger partial charge is 0.239 e. The first-order valence-electron chi connectivity index (χ1n) is 8.26. The Morgan fingerprint density at radius 2 is 0.897 bits per heavy atom. The van der Waals surface area contributed by atoms with Gasteiger partial charge in [0.25, 0.3) is 0 Å². The van der Waals surface area contributed by atoms with E-state index >= 15 is 0 Å². The molecule has 0 heterocycles. The van der Waals surface area contributed by atoms with Crippen molar-refractivity contribution in [3.05, 3.63) is 0 Å². The molecule has 10 N–H and O–H groups in total. The lowest BCUT2D eigenvalue weighted by molar-refractivity contribution is -0.128. The van der Waals surface area contributed by atoms with E-state index in [1.807, 2.05) is 62.3 Å². The molecule has 8 nitrogen and oxygen atoms in total. The van der Waals surface area contributed by atoms with E-state index in [9.17, 15) is 4.79 Å². The molecule has 0 bridgehead atoms. The third-order valence-corrected chi connectivity index (χ3v) is 1.60. The molecule has 0 saturated heterocycles. The van der Waals surface area contributed by atoms with Gasteiger partial charge in [-0.25, -0.2) is 11.7 Å². The Bertz CT molecular complexity index is 302. The molecule has 0 radical (unpaired) electrons. The van der Waals surface area contributed by atoms with E-state index in [1.54, 1.807) is 20.8 Å². The highest BCUT2D eigenvalue weighted by molar-refractivity contribution is 5.80. The third-order valence-electron chi connectivity index (χ3n) is 1.60. The van der Waals surface area contributed by atoms with E-state index in [-0.39, 0.29) is 57.7 Å². The molecule has 0 spiro atoms. The van der Waals surface area contributed by atoms with Crippen LogP contribution in [0.5, 0.6) is 0 Å². The number of hydrazine groups is 2. The lowest BCUT2D eigenvalue weighted by Gasteiger charge is -2.14. The molecule has 0 aliphatic heterocycles. The van der Waals surface area contributed by atoms with E-state index < -0.39 is 0 Å². The molecule has 188 valence electrons. The zero-order chi connectivity index (χ0) is 21.7. The minimum Gasteiger partial charge on any atom is -0.326 e. The first-order chi connectivity index (χ1) is 10.6. The number of nitrogens with one attached hydrogen (secondary N) is 2. The molecule has 0 fully saturated rings. The summed E-state index contributed by atoms with van der Waals surface area (Å²) >= 11 is 0. The van der Waals surface area contributed by atoms with Crippen molar-refractivity contribution in [3.8, 4) is 0 Å². The van der Waals surface area contributed by atoms with Crippen LogP contribution in [0.4, 0.5) is 0 Å². The number of rotatable bonds is 0. The summed E-state index contributed by atoms with van der Waals surface area (Å²) in [6.07, 6.45) is 0. The first kappa shape index (κ1) is 51.1. The predicted molar refractivity (Wildman–Crippen MR) is 135 cm³/mol. The van der Waals surface area contributed by atoms with Gasteiger partial charge in [0, 0.05) is 16.5 Å². The Balaban J connectivity index is -0.0000000327. The van der Waals surface area contributed by atoms with Gasteiger partial charge in [0.15, 0.2) is 0 Å². The van der Waals surface area contributed by atoms with Crippen molar-refractivity contribution in [3.63, 3.8) is 0 Å². The molecule has 0 saturated carbocycles. The van der Waals surface area contributed by atoms with Crippen LogP contribution < -0.4 is 34.2 Å². The van der Waals surface area contributed by atoms with Crippen molar-refractivity contribution in [1.82, 2.24) is 10.9 Å². The number of hydrogen-bond acceptors (Lipinski definition) is 7. The maximum absolute atomic E-state index is 10.6. The standard InChI is InChI=1S/C5H12N2O.C4H12N2.C4H11NO.C4H11N.4CH4/c1-5(2,3)4(8)7-6;2*1-4(2,3)6-5;1-4(2,3)5;;;;/h6H2,1-3H3,(H,7,8);6H,5H2,1-3H3;5H2,1-3H3;5H2,1-3H3;4*1H4. The van der Waals surface area contributed by atoms with Crippen molar-refractivity contribution in [2.24, 2.45) is 28.7 Å². The van der Waals surface area contributed by atoms with E-state index in [0.29, 0.717) is 0 Å². The fourth-order valence-corrected chi connectivity index (χ4v) is 0.217. The van der Waals surface area contributed by atoms with Crippen LogP contribution >= 0.6 is 0 Å². The van der Waals surface area contributed by atoms with E-state index in [1.165, 1.54) is 0 Å². The largest absolute Gasteiger partial charge is 0.326 e. The zero-order valence-electron chi connectivity index (χ0n) is 18.6. The summed E-state index contributed by atoms with van der Waals surface area (Å²) in [5.74, 6) is 14.6. The minimum atomic E-state index is -0.366. The number of carbonyl (C=O) groups excluding carboxylic acids is 1. The van der Waals surface area contributed by atoms with Crippen LogP contribution in [0, 0.1) is 5.41 Å². The second-order valence-corrected chi connectivity index (χ2v) is 9.71. The normalized spacial score (nSPS) is 10.1. The molecule has 0 aliphatic carbocycles. The zero-order valence-corrected chi connectivity index (χ0v) is 18.6. The van der Waals surface area contributed by atoms with Crippen molar-refractivity contribution in [1.29, 1.82) is 0 Å². The minimum absolute atomic E-state index is 0. The molecular formula is C21H62N6O2. The molecule has 0 atom stereocenters. The Labute approximate surface area is 185 Å². The van der Waals surface area contributed by atoms with E-state index in [4.69, 9.17) is 23.3 Å². The van der Waals surface area contributed by atoms with Crippen molar-refractivity contribution >= 4 is 5.91 Å². The highest BCUT2D eigenvalue weighted by Gasteiger charge is 2.19. The monoisotopic (exact) mass is 430 g/mol. The Kier molecular flexibility index (Phi) is 38.7. The molecule has 0 aromatic heterocycles. The molecule has 0 rings (SSSR count). The summed E-state index contributed by atoms with van der Waals surface area (Å²) in [6.45, 7) is 23.0. The molecule has 29 heavy (non-hydrogen) atoms. The van der Waals surface area contributed by atoms with E-state index in [2.05, 4.69) is 15.7 Å². The topological polar surface area (TPSA) is 154 Å². The fraction of sp³-hybridized carbons (Fsp3) is 0.952. The SMILES string of the molecule is C.C.C.C.CC(C)(C)C(=O)NN.CC(C)(C)N.CC(C)(C)NN.CC(C)(C)ON. The number of nitrogens with two attached hydrogens (primary N) is 4. The average molecular weight is 431 g/mol. The summed E-state index contributed by atoms with van der Waals surface area (Å²) in [5.41, 5.74) is 9.55. The molecule has 0 aromatic carbocycles. The number of hydrogen-bond donors (Lipinski definition) is 6. The first-order valence-corrected chi connectivity index (χ1v) is 8.26. The predicted octanol–water partition coefficient (Wildman–Crippen LogP) is 4.23. The van der Waals surface area contributed by atoms with Gasteiger partial charge in [-0.1, -0.05) is 50.5 Å². The lowest BCUT2D eigenvalue weighted by atomic mass is 9.96. The number of carbonyl (C=O) groups is 1. The van der Waals surface area contributed by atoms with Gasteiger partial charge in [0.1, 0.15) is 0 Å². The van der Waals surface area contributed by atoms with Crippen molar-refractivity contribution in [2.45, 2.75) is 129 Å². The maximum Gasteiger partial charge on any atom is 0.239 e. The van der Waals surface area contributed by atoms with Gasteiger partial charge in [0.2, 0.25) is 5.91 Å². The van der Waals surface area contributed by atoms with Gasteiger partial charge in [-0.3, -0.25) is 26.3 Å². The summed E-state index contributed by atoms with van der Waals surface area (Å²) in [6, 6.07) is 0. The van der Waals surface area contributed by atoms with Crippen molar-refractivity contribution in [2.75, 3.05) is 0 Å². The maximum atomic E-state index is 10.6. The summed E-state index contributed by atoms with van der Waals surface area (Å²) in [4.78, 5) is 15.0. The van der Waals surface area contributed by atoms with Gasteiger partial charge >= 0.3 is 0 Å². The Morgan fingerprint density at radius 1 is 0.724 bits per heavy atom. The summed E-state index contributed by atoms with van der Waals surface area (Å²) in [7, 11) is 0. The highest BCUT2D eigenvalue weighted by atomic mass is 16.6. The van der Waals surface area contributed by atoms with Crippen LogP contribution in [-0.2, 0) is 9.63 Å². The van der Waals surface area contributed by atoms with Crippen LogP contribution in [0.2, 0.25) is 0 Å². The third kappa shape index (κ3) is 99.0. The summed E-state index contributed by atoms with van der Waals surface area (Å²) < 4.78 is 0. The molecule has 1 amide bonds. The Morgan fingerprint density at radius 3 is 0.897 bits per heavy atom.